The number of fused-ring (bicyclic) bond motifs is 2. The molecule has 2 heteroatoms. The number of rotatable bonds is 6. The first kappa shape index (κ1) is 13.8. The Balaban J connectivity index is 1.60. The van der Waals surface area contributed by atoms with Gasteiger partial charge in [-0.1, -0.05) is 42.5 Å². The molecule has 0 spiro atoms. The smallest absolute Gasteiger partial charge is 0.0449 e. The number of hydrogen-bond acceptors (Lipinski definition) is 2. The normalized spacial score (nSPS) is 29.2. The van der Waals surface area contributed by atoms with E-state index in [1.165, 1.54) is 18.4 Å². The third-order valence-electron chi connectivity index (χ3n) is 4.79. The van der Waals surface area contributed by atoms with Crippen LogP contribution in [0.15, 0.2) is 42.5 Å². The van der Waals surface area contributed by atoms with Crippen molar-refractivity contribution in [3.63, 3.8) is 0 Å². The summed E-state index contributed by atoms with van der Waals surface area (Å²) in [6.07, 6.45) is 7.66. The summed E-state index contributed by atoms with van der Waals surface area (Å²) in [6, 6.07) is 11.3. The molecule has 2 nitrogen and oxygen atoms in total. The number of nitrogens with one attached hydrogen (secondary N) is 1. The summed E-state index contributed by atoms with van der Waals surface area (Å²) in [6.45, 7) is 2.21. The van der Waals surface area contributed by atoms with Crippen LogP contribution in [-0.2, 0) is 0 Å². The second-order valence-electron chi connectivity index (χ2n) is 6.67. The van der Waals surface area contributed by atoms with Crippen LogP contribution >= 0.6 is 0 Å². The Labute approximate surface area is 122 Å². The molecule has 2 aliphatic rings. The van der Waals surface area contributed by atoms with Crippen molar-refractivity contribution in [2.24, 2.45) is 17.8 Å². The minimum Gasteiger partial charge on any atom is -0.309 e. The molecule has 1 aromatic rings. The highest BCUT2D eigenvalue weighted by Crippen LogP contribution is 2.43. The summed E-state index contributed by atoms with van der Waals surface area (Å²) >= 11 is 0. The van der Waals surface area contributed by atoms with Crippen LogP contribution in [-0.4, -0.2) is 32.1 Å². The summed E-state index contributed by atoms with van der Waals surface area (Å²) in [4.78, 5) is 2.27. The van der Waals surface area contributed by atoms with Crippen molar-refractivity contribution in [2.75, 3.05) is 27.2 Å². The van der Waals surface area contributed by atoms with E-state index < -0.39 is 0 Å². The molecule has 0 amide bonds. The first-order valence-corrected chi connectivity index (χ1v) is 7.84. The Kier molecular flexibility index (Phi) is 4.23. The van der Waals surface area contributed by atoms with Gasteiger partial charge in [-0.25, -0.2) is 0 Å². The van der Waals surface area contributed by atoms with Crippen LogP contribution in [0.3, 0.4) is 0 Å². The third kappa shape index (κ3) is 3.13. The predicted octanol–water partition coefficient (Wildman–Crippen LogP) is 3.09. The van der Waals surface area contributed by atoms with E-state index in [1.807, 2.05) is 0 Å². The summed E-state index contributed by atoms with van der Waals surface area (Å²) in [5.74, 6) is 2.55. The van der Waals surface area contributed by atoms with Crippen molar-refractivity contribution in [2.45, 2.75) is 18.9 Å². The zero-order valence-corrected chi connectivity index (χ0v) is 12.6. The van der Waals surface area contributed by atoms with Crippen LogP contribution in [0.5, 0.6) is 0 Å². The van der Waals surface area contributed by atoms with Crippen LogP contribution in [0.2, 0.25) is 0 Å². The Morgan fingerprint density at radius 2 is 1.95 bits per heavy atom. The van der Waals surface area contributed by atoms with Gasteiger partial charge >= 0.3 is 0 Å². The number of likely N-dealkylation sites (N-methyl/N-ethyl adjacent to an activating group) is 1. The van der Waals surface area contributed by atoms with Gasteiger partial charge in [0, 0.05) is 12.6 Å². The maximum absolute atomic E-state index is 3.82. The molecular formula is C18H26N2. The van der Waals surface area contributed by atoms with E-state index in [-0.39, 0.29) is 0 Å². The molecule has 1 N–H and O–H groups in total. The van der Waals surface area contributed by atoms with E-state index >= 15 is 0 Å². The highest BCUT2D eigenvalue weighted by atomic mass is 15.1. The lowest BCUT2D eigenvalue weighted by molar-refractivity contribution is 0.315. The molecule has 0 saturated heterocycles. The van der Waals surface area contributed by atoms with Crippen molar-refractivity contribution in [1.82, 2.24) is 10.2 Å². The standard InChI is InChI=1S/C18H26N2/c1-20(2)13-18(15-6-4-3-5-7-15)19-12-17-11-14-8-9-16(17)10-14/h3-9,14,16-19H,10-13H2,1-2H3. The van der Waals surface area contributed by atoms with Gasteiger partial charge in [0.15, 0.2) is 0 Å². The first-order valence-electron chi connectivity index (χ1n) is 7.84. The lowest BCUT2D eigenvalue weighted by atomic mass is 9.93. The van der Waals surface area contributed by atoms with Gasteiger partial charge in [-0.05, 0) is 56.8 Å². The minimum atomic E-state index is 0.439. The Morgan fingerprint density at radius 1 is 1.15 bits per heavy atom. The van der Waals surface area contributed by atoms with Gasteiger partial charge in [-0.15, -0.1) is 0 Å². The fourth-order valence-corrected chi connectivity index (χ4v) is 3.76. The van der Waals surface area contributed by atoms with Crippen molar-refractivity contribution < 1.29 is 0 Å². The fraction of sp³-hybridized carbons (Fsp3) is 0.556. The first-order chi connectivity index (χ1) is 9.72. The minimum absolute atomic E-state index is 0.439. The Morgan fingerprint density at radius 3 is 2.55 bits per heavy atom. The fourth-order valence-electron chi connectivity index (χ4n) is 3.76. The second-order valence-corrected chi connectivity index (χ2v) is 6.67. The molecule has 2 aliphatic carbocycles. The van der Waals surface area contributed by atoms with Gasteiger partial charge in [0.2, 0.25) is 0 Å². The third-order valence-corrected chi connectivity index (χ3v) is 4.79. The molecule has 0 aromatic heterocycles. The SMILES string of the molecule is CN(C)CC(NCC1CC2C=CC1C2)c1ccccc1. The maximum Gasteiger partial charge on any atom is 0.0449 e. The van der Waals surface area contributed by atoms with Crippen molar-refractivity contribution in [3.05, 3.63) is 48.0 Å². The average Bonchev–Trinajstić information content (AvgIpc) is 3.06. The van der Waals surface area contributed by atoms with Crippen molar-refractivity contribution in [3.8, 4) is 0 Å². The molecule has 4 atom stereocenters. The van der Waals surface area contributed by atoms with Gasteiger partial charge in [0.25, 0.3) is 0 Å². The van der Waals surface area contributed by atoms with E-state index in [0.29, 0.717) is 6.04 Å². The van der Waals surface area contributed by atoms with Gasteiger partial charge in [-0.3, -0.25) is 0 Å². The van der Waals surface area contributed by atoms with E-state index in [2.05, 4.69) is 66.8 Å². The zero-order valence-electron chi connectivity index (χ0n) is 12.6. The molecule has 0 heterocycles. The molecule has 1 aromatic carbocycles. The zero-order chi connectivity index (χ0) is 13.9. The van der Waals surface area contributed by atoms with E-state index in [1.54, 1.807) is 0 Å². The summed E-state index contributed by atoms with van der Waals surface area (Å²) in [7, 11) is 4.30. The van der Waals surface area contributed by atoms with Crippen LogP contribution < -0.4 is 5.32 Å². The monoisotopic (exact) mass is 270 g/mol. The quantitative estimate of drug-likeness (QED) is 0.799. The molecule has 1 fully saturated rings. The van der Waals surface area contributed by atoms with Crippen LogP contribution in [0.1, 0.15) is 24.4 Å². The molecule has 20 heavy (non-hydrogen) atoms. The topological polar surface area (TPSA) is 15.3 Å². The van der Waals surface area contributed by atoms with E-state index in [0.717, 1.165) is 30.8 Å². The van der Waals surface area contributed by atoms with E-state index in [4.69, 9.17) is 0 Å². The number of nitrogens with zero attached hydrogens (tertiary/aromatic N) is 1. The van der Waals surface area contributed by atoms with Crippen molar-refractivity contribution in [1.29, 1.82) is 0 Å². The van der Waals surface area contributed by atoms with Crippen molar-refractivity contribution >= 4 is 0 Å². The summed E-state index contributed by atoms with van der Waals surface area (Å²) in [5, 5.41) is 3.82. The highest BCUT2D eigenvalue weighted by molar-refractivity contribution is 5.19. The summed E-state index contributed by atoms with van der Waals surface area (Å²) in [5.41, 5.74) is 1.40. The van der Waals surface area contributed by atoms with Gasteiger partial charge in [0.1, 0.15) is 0 Å². The predicted molar refractivity (Wildman–Crippen MR) is 84.6 cm³/mol. The summed E-state index contributed by atoms with van der Waals surface area (Å²) < 4.78 is 0. The van der Waals surface area contributed by atoms with Crippen LogP contribution in [0.25, 0.3) is 0 Å². The van der Waals surface area contributed by atoms with E-state index in [9.17, 15) is 0 Å². The number of allylic oxidation sites excluding steroid dienone is 2. The van der Waals surface area contributed by atoms with Gasteiger partial charge in [0.05, 0.1) is 0 Å². The molecule has 3 rings (SSSR count). The Hall–Kier alpha value is -1.12. The number of benzene rings is 1. The van der Waals surface area contributed by atoms with Crippen LogP contribution in [0.4, 0.5) is 0 Å². The second kappa shape index (κ2) is 6.11. The van der Waals surface area contributed by atoms with Gasteiger partial charge in [-0.2, -0.15) is 0 Å². The maximum atomic E-state index is 3.82. The average molecular weight is 270 g/mol. The highest BCUT2D eigenvalue weighted by Gasteiger charge is 2.35. The molecule has 1 saturated carbocycles. The molecule has 0 aliphatic heterocycles. The van der Waals surface area contributed by atoms with Crippen LogP contribution in [0, 0.1) is 17.8 Å². The van der Waals surface area contributed by atoms with Gasteiger partial charge < -0.3 is 10.2 Å². The number of hydrogen-bond donors (Lipinski definition) is 1. The lowest BCUT2D eigenvalue weighted by Crippen LogP contribution is -2.35. The molecule has 4 unspecified atom stereocenters. The molecular weight excluding hydrogens is 244 g/mol. The largest absolute Gasteiger partial charge is 0.309 e. The Bertz CT molecular complexity index is 452. The molecule has 108 valence electrons. The lowest BCUT2D eigenvalue weighted by Gasteiger charge is -2.26. The molecule has 2 bridgehead atoms. The molecule has 0 radical (unpaired) electrons.